The van der Waals surface area contributed by atoms with Crippen LogP contribution in [0.2, 0.25) is 0 Å². The Kier molecular flexibility index (Phi) is 5.50. The molecule has 3 aromatic rings. The van der Waals surface area contributed by atoms with E-state index >= 15 is 0 Å². The molecular formula is C23H26F3N5O2. The SMILES string of the molecule is Cc1cnc2nc(N[C@H](C)c3cccc(C(F)(F)F)c3)c3c(n12)CN(C(=O)OC(C)(C)C)C3. The van der Waals surface area contributed by atoms with Crippen molar-refractivity contribution in [1.82, 2.24) is 19.3 Å². The predicted octanol–water partition coefficient (Wildman–Crippen LogP) is 5.48. The molecule has 1 amide bonds. The molecule has 0 unspecified atom stereocenters. The summed E-state index contributed by atoms with van der Waals surface area (Å²) in [6.45, 7) is 9.66. The van der Waals surface area contributed by atoms with Gasteiger partial charge in [-0.05, 0) is 52.3 Å². The zero-order valence-electron chi connectivity index (χ0n) is 19.1. The van der Waals surface area contributed by atoms with Crippen molar-refractivity contribution in [3.8, 4) is 0 Å². The van der Waals surface area contributed by atoms with E-state index in [1.54, 1.807) is 44.9 Å². The van der Waals surface area contributed by atoms with Gasteiger partial charge < -0.3 is 10.1 Å². The molecule has 0 spiro atoms. The van der Waals surface area contributed by atoms with Crippen LogP contribution in [0.3, 0.4) is 0 Å². The summed E-state index contributed by atoms with van der Waals surface area (Å²) in [4.78, 5) is 23.2. The van der Waals surface area contributed by atoms with Crippen LogP contribution in [0.4, 0.5) is 23.8 Å². The maximum Gasteiger partial charge on any atom is 0.416 e. The number of halogens is 3. The third-order valence-corrected chi connectivity index (χ3v) is 5.44. The van der Waals surface area contributed by atoms with Crippen molar-refractivity contribution < 1.29 is 22.7 Å². The van der Waals surface area contributed by atoms with E-state index in [1.807, 2.05) is 11.3 Å². The summed E-state index contributed by atoms with van der Waals surface area (Å²) in [5, 5.41) is 3.24. The number of ether oxygens (including phenoxy) is 1. The Morgan fingerprint density at radius 2 is 1.94 bits per heavy atom. The number of aromatic nitrogens is 3. The summed E-state index contributed by atoms with van der Waals surface area (Å²) in [5.41, 5.74) is 1.64. The van der Waals surface area contributed by atoms with Crippen molar-refractivity contribution in [3.63, 3.8) is 0 Å². The first-order valence-electron chi connectivity index (χ1n) is 10.6. The van der Waals surface area contributed by atoms with Gasteiger partial charge in [-0.15, -0.1) is 0 Å². The van der Waals surface area contributed by atoms with Crippen LogP contribution in [0.5, 0.6) is 0 Å². The van der Waals surface area contributed by atoms with Gasteiger partial charge in [-0.25, -0.2) is 9.78 Å². The first kappa shape index (κ1) is 22.9. The number of nitrogens with zero attached hydrogens (tertiary/aromatic N) is 4. The van der Waals surface area contributed by atoms with Crippen molar-refractivity contribution in [2.75, 3.05) is 5.32 Å². The molecule has 0 saturated carbocycles. The van der Waals surface area contributed by atoms with Gasteiger partial charge in [0.2, 0.25) is 5.78 Å². The summed E-state index contributed by atoms with van der Waals surface area (Å²) in [7, 11) is 0. The maximum absolute atomic E-state index is 13.2. The van der Waals surface area contributed by atoms with Gasteiger partial charge in [-0.2, -0.15) is 18.2 Å². The fraction of sp³-hybridized carbons (Fsp3) is 0.435. The Bertz CT molecular complexity index is 1210. The third-order valence-electron chi connectivity index (χ3n) is 5.44. The van der Waals surface area contributed by atoms with E-state index in [1.165, 1.54) is 6.07 Å². The molecule has 7 nitrogen and oxygen atoms in total. The number of carbonyl (C=O) groups excluding carboxylic acids is 1. The van der Waals surface area contributed by atoms with Crippen LogP contribution in [0, 0.1) is 6.92 Å². The van der Waals surface area contributed by atoms with Crippen LogP contribution in [0.25, 0.3) is 5.78 Å². The molecule has 0 radical (unpaired) electrons. The molecule has 1 aliphatic rings. The highest BCUT2D eigenvalue weighted by atomic mass is 19.4. The molecule has 1 N–H and O–H groups in total. The van der Waals surface area contributed by atoms with Crippen LogP contribution in [0.15, 0.2) is 30.5 Å². The lowest BCUT2D eigenvalue weighted by molar-refractivity contribution is -0.137. The highest BCUT2D eigenvalue weighted by molar-refractivity contribution is 5.70. The maximum atomic E-state index is 13.2. The van der Waals surface area contributed by atoms with Crippen LogP contribution in [-0.2, 0) is 24.0 Å². The minimum atomic E-state index is -4.42. The molecule has 1 atom stereocenters. The fourth-order valence-corrected chi connectivity index (χ4v) is 3.88. The third kappa shape index (κ3) is 4.60. The summed E-state index contributed by atoms with van der Waals surface area (Å²) in [5.74, 6) is 0.940. The minimum absolute atomic E-state index is 0.266. The summed E-state index contributed by atoms with van der Waals surface area (Å²) >= 11 is 0. The lowest BCUT2D eigenvalue weighted by Crippen LogP contribution is -2.33. The van der Waals surface area contributed by atoms with Crippen LogP contribution in [-0.4, -0.2) is 31.0 Å². The monoisotopic (exact) mass is 461 g/mol. The van der Waals surface area contributed by atoms with Crippen LogP contribution < -0.4 is 5.32 Å². The lowest BCUT2D eigenvalue weighted by atomic mass is 10.0. The first-order valence-corrected chi connectivity index (χ1v) is 10.6. The Balaban J connectivity index is 1.68. The van der Waals surface area contributed by atoms with Crippen LogP contribution >= 0.6 is 0 Å². The molecule has 3 heterocycles. The van der Waals surface area contributed by atoms with Crippen molar-refractivity contribution >= 4 is 17.7 Å². The van der Waals surface area contributed by atoms with Gasteiger partial charge in [0.25, 0.3) is 0 Å². The van der Waals surface area contributed by atoms with Gasteiger partial charge in [-0.1, -0.05) is 12.1 Å². The molecule has 1 aliphatic heterocycles. The summed E-state index contributed by atoms with van der Waals surface area (Å²) < 4.78 is 46.9. The molecule has 0 saturated heterocycles. The normalized spacial score (nSPS) is 15.0. The second-order valence-corrected chi connectivity index (χ2v) is 9.25. The standard InChI is InChI=1S/C23H26F3N5O2/c1-13-10-27-20-29-19(28-14(2)15-7-6-8-16(9-15)23(24,25)26)17-11-30(12-18(17)31(13)20)21(32)33-22(3,4)5/h6-10,14H,11-12H2,1-5H3,(H,27,28,29)/t14-/m1/s1. The smallest absolute Gasteiger partial charge is 0.416 e. The number of nitrogens with one attached hydrogen (secondary N) is 1. The second-order valence-electron chi connectivity index (χ2n) is 9.25. The summed E-state index contributed by atoms with van der Waals surface area (Å²) in [6.07, 6.45) is -3.17. The number of amides is 1. The van der Waals surface area contributed by atoms with E-state index in [4.69, 9.17) is 4.74 Å². The molecule has 176 valence electrons. The number of aryl methyl sites for hydroxylation is 1. The fourth-order valence-electron chi connectivity index (χ4n) is 3.88. The van der Waals surface area contributed by atoms with E-state index < -0.39 is 29.5 Å². The van der Waals surface area contributed by atoms with Gasteiger partial charge in [0.05, 0.1) is 30.5 Å². The van der Waals surface area contributed by atoms with Crippen molar-refractivity contribution in [3.05, 3.63) is 58.5 Å². The zero-order chi connectivity index (χ0) is 24.1. The topological polar surface area (TPSA) is 71.8 Å². The van der Waals surface area contributed by atoms with Gasteiger partial charge >= 0.3 is 12.3 Å². The largest absolute Gasteiger partial charge is 0.444 e. The lowest BCUT2D eigenvalue weighted by Gasteiger charge is -2.24. The number of rotatable bonds is 3. The predicted molar refractivity (Wildman–Crippen MR) is 117 cm³/mol. The molecule has 33 heavy (non-hydrogen) atoms. The van der Waals surface area contributed by atoms with E-state index in [0.717, 1.165) is 29.1 Å². The molecular weight excluding hydrogens is 435 g/mol. The number of alkyl halides is 3. The average molecular weight is 461 g/mol. The number of anilines is 1. The van der Waals surface area contributed by atoms with Gasteiger partial charge in [-0.3, -0.25) is 9.30 Å². The van der Waals surface area contributed by atoms with Crippen molar-refractivity contribution in [2.24, 2.45) is 0 Å². The van der Waals surface area contributed by atoms with E-state index in [-0.39, 0.29) is 6.54 Å². The number of benzene rings is 1. The number of imidazole rings is 1. The van der Waals surface area contributed by atoms with E-state index in [2.05, 4.69) is 15.3 Å². The van der Waals surface area contributed by atoms with Gasteiger partial charge in [0, 0.05) is 17.3 Å². The Labute approximate surface area is 189 Å². The zero-order valence-corrected chi connectivity index (χ0v) is 19.1. The molecule has 1 aromatic carbocycles. The minimum Gasteiger partial charge on any atom is -0.444 e. The van der Waals surface area contributed by atoms with Gasteiger partial charge in [0.1, 0.15) is 11.4 Å². The molecule has 4 rings (SSSR count). The Morgan fingerprint density at radius 3 is 2.61 bits per heavy atom. The Morgan fingerprint density at radius 1 is 1.21 bits per heavy atom. The number of hydrogen-bond acceptors (Lipinski definition) is 5. The van der Waals surface area contributed by atoms with E-state index in [9.17, 15) is 18.0 Å². The highest BCUT2D eigenvalue weighted by Gasteiger charge is 2.33. The van der Waals surface area contributed by atoms with Crippen molar-refractivity contribution in [1.29, 1.82) is 0 Å². The first-order chi connectivity index (χ1) is 15.3. The second kappa shape index (κ2) is 7.93. The molecule has 0 fully saturated rings. The van der Waals surface area contributed by atoms with Gasteiger partial charge in [0.15, 0.2) is 0 Å². The molecule has 0 bridgehead atoms. The molecule has 10 heteroatoms. The Hall–Kier alpha value is -3.30. The number of fused-ring (bicyclic) bond motifs is 3. The molecule has 2 aromatic heterocycles. The average Bonchev–Trinajstić information content (AvgIpc) is 3.30. The van der Waals surface area contributed by atoms with Crippen molar-refractivity contribution in [2.45, 2.75) is 65.5 Å². The quantitative estimate of drug-likeness (QED) is 0.559. The number of hydrogen-bond donors (Lipinski definition) is 1. The number of carbonyl (C=O) groups is 1. The highest BCUT2D eigenvalue weighted by Crippen LogP contribution is 2.34. The van der Waals surface area contributed by atoms with E-state index in [0.29, 0.717) is 23.7 Å². The summed E-state index contributed by atoms with van der Waals surface area (Å²) in [6, 6.07) is 4.74. The van der Waals surface area contributed by atoms with Crippen LogP contribution in [0.1, 0.15) is 61.8 Å². The molecule has 0 aliphatic carbocycles.